The van der Waals surface area contributed by atoms with Gasteiger partial charge in [0.1, 0.15) is 0 Å². The number of aromatic nitrogens is 1. The van der Waals surface area contributed by atoms with Crippen molar-refractivity contribution in [1.29, 1.82) is 0 Å². The number of piperazine rings is 1. The third kappa shape index (κ3) is 4.80. The lowest BCUT2D eigenvalue weighted by atomic mass is 9.86. The Labute approximate surface area is 139 Å². The molecule has 1 atom stereocenters. The summed E-state index contributed by atoms with van der Waals surface area (Å²) in [5.74, 6) is 0.717. The lowest BCUT2D eigenvalue weighted by Crippen LogP contribution is -2.47. The average Bonchev–Trinajstić information content (AvgIpc) is 2.51. The Hall–Kier alpha value is -0.390. The van der Waals surface area contributed by atoms with E-state index in [1.165, 1.54) is 18.4 Å². The van der Waals surface area contributed by atoms with Crippen molar-refractivity contribution in [3.8, 4) is 0 Å². The predicted octanol–water partition coefficient (Wildman–Crippen LogP) is 2.30. The fourth-order valence-electron chi connectivity index (χ4n) is 3.33. The van der Waals surface area contributed by atoms with Gasteiger partial charge in [0.15, 0.2) is 0 Å². The second-order valence-electron chi connectivity index (χ2n) is 5.46. The van der Waals surface area contributed by atoms with Crippen molar-refractivity contribution in [1.82, 2.24) is 15.2 Å². The second kappa shape index (κ2) is 9.59. The van der Waals surface area contributed by atoms with Gasteiger partial charge >= 0.3 is 0 Å². The van der Waals surface area contributed by atoms with Gasteiger partial charge in [0, 0.05) is 57.8 Å². The number of pyridine rings is 1. The maximum Gasteiger partial charge on any atom is 0.0469 e. The summed E-state index contributed by atoms with van der Waals surface area (Å²) in [5.41, 5.74) is 1.42. The van der Waals surface area contributed by atoms with Crippen LogP contribution in [0.2, 0.25) is 0 Å². The zero-order valence-electron chi connectivity index (χ0n) is 12.2. The van der Waals surface area contributed by atoms with Gasteiger partial charge < -0.3 is 10.1 Å². The van der Waals surface area contributed by atoms with E-state index in [4.69, 9.17) is 4.74 Å². The van der Waals surface area contributed by atoms with E-state index in [9.17, 15) is 0 Å². The van der Waals surface area contributed by atoms with Crippen molar-refractivity contribution >= 4 is 24.8 Å². The molecule has 0 radical (unpaired) electrons. The number of hydrogen-bond acceptors (Lipinski definition) is 4. The number of halogens is 2. The Bertz CT molecular complexity index is 364. The molecule has 0 bridgehead atoms. The third-order valence-electron chi connectivity index (χ3n) is 4.31. The first kappa shape index (κ1) is 18.7. The van der Waals surface area contributed by atoms with Crippen molar-refractivity contribution in [2.75, 3.05) is 39.4 Å². The molecule has 1 aromatic heterocycles. The molecule has 3 rings (SSSR count). The Balaban J connectivity index is 0.00000110. The molecule has 0 saturated carbocycles. The maximum absolute atomic E-state index is 5.53. The summed E-state index contributed by atoms with van der Waals surface area (Å²) < 4.78 is 5.53. The summed E-state index contributed by atoms with van der Waals surface area (Å²) in [4.78, 5) is 6.80. The summed E-state index contributed by atoms with van der Waals surface area (Å²) >= 11 is 0. The van der Waals surface area contributed by atoms with Crippen LogP contribution in [-0.2, 0) is 4.74 Å². The van der Waals surface area contributed by atoms with Crippen LogP contribution < -0.4 is 5.32 Å². The minimum atomic E-state index is 0. The highest BCUT2D eigenvalue weighted by molar-refractivity contribution is 5.85. The molecule has 4 nitrogen and oxygen atoms in total. The Morgan fingerprint density at radius 1 is 1.10 bits per heavy atom. The molecule has 1 N–H and O–H groups in total. The van der Waals surface area contributed by atoms with Gasteiger partial charge in [-0.05, 0) is 36.5 Å². The smallest absolute Gasteiger partial charge is 0.0469 e. The van der Waals surface area contributed by atoms with E-state index in [0.717, 1.165) is 39.4 Å². The third-order valence-corrected chi connectivity index (χ3v) is 4.31. The van der Waals surface area contributed by atoms with Crippen LogP contribution >= 0.6 is 24.8 Å². The second-order valence-corrected chi connectivity index (χ2v) is 5.46. The summed E-state index contributed by atoms with van der Waals surface area (Å²) in [6.07, 6.45) is 6.20. The highest BCUT2D eigenvalue weighted by Crippen LogP contribution is 2.34. The molecule has 2 fully saturated rings. The van der Waals surface area contributed by atoms with Crippen LogP contribution in [0.15, 0.2) is 24.5 Å². The topological polar surface area (TPSA) is 37.4 Å². The van der Waals surface area contributed by atoms with Crippen molar-refractivity contribution in [2.24, 2.45) is 5.92 Å². The zero-order valence-corrected chi connectivity index (χ0v) is 13.9. The Morgan fingerprint density at radius 3 is 2.33 bits per heavy atom. The van der Waals surface area contributed by atoms with Crippen molar-refractivity contribution in [3.63, 3.8) is 0 Å². The molecule has 1 aromatic rings. The number of ether oxygens (including phenoxy) is 1. The first-order valence-electron chi connectivity index (χ1n) is 7.37. The zero-order chi connectivity index (χ0) is 12.9. The van der Waals surface area contributed by atoms with Crippen LogP contribution in [0.5, 0.6) is 0 Å². The molecule has 0 aliphatic carbocycles. The first-order valence-corrected chi connectivity index (χ1v) is 7.37. The van der Waals surface area contributed by atoms with E-state index in [-0.39, 0.29) is 24.8 Å². The molecule has 2 aliphatic rings. The van der Waals surface area contributed by atoms with Gasteiger partial charge in [0.25, 0.3) is 0 Å². The number of rotatable bonds is 3. The van der Waals surface area contributed by atoms with Crippen LogP contribution in [0.25, 0.3) is 0 Å². The fraction of sp³-hybridized carbons (Fsp3) is 0.667. The van der Waals surface area contributed by atoms with E-state index in [2.05, 4.69) is 27.3 Å². The van der Waals surface area contributed by atoms with E-state index in [1.54, 1.807) is 0 Å². The maximum atomic E-state index is 5.53. The average molecular weight is 334 g/mol. The number of nitrogens with zero attached hydrogens (tertiary/aromatic N) is 2. The molecular weight excluding hydrogens is 309 g/mol. The monoisotopic (exact) mass is 333 g/mol. The summed E-state index contributed by atoms with van der Waals surface area (Å²) in [7, 11) is 0. The standard InChI is InChI=1S/C15H23N3O.2ClH/c1-5-16-6-2-13(1)15(14-3-11-19-12-4-14)18-9-7-17-8-10-18;;/h1-2,5-6,14-15,17H,3-4,7-12H2;2*1H/t15-;;/m0../s1. The van der Waals surface area contributed by atoms with Crippen molar-refractivity contribution in [3.05, 3.63) is 30.1 Å². The van der Waals surface area contributed by atoms with Gasteiger partial charge in [-0.15, -0.1) is 24.8 Å². The van der Waals surface area contributed by atoms with E-state index < -0.39 is 0 Å². The molecule has 6 heteroatoms. The van der Waals surface area contributed by atoms with E-state index in [0.29, 0.717) is 12.0 Å². The van der Waals surface area contributed by atoms with Crippen molar-refractivity contribution < 1.29 is 4.74 Å². The number of nitrogens with one attached hydrogen (secondary N) is 1. The van der Waals surface area contributed by atoms with Crippen LogP contribution in [0.3, 0.4) is 0 Å². The van der Waals surface area contributed by atoms with Gasteiger partial charge in [-0.3, -0.25) is 9.88 Å². The Kier molecular flexibility index (Phi) is 8.52. The molecule has 0 amide bonds. The summed E-state index contributed by atoms with van der Waals surface area (Å²) in [6.45, 7) is 6.32. The van der Waals surface area contributed by atoms with E-state index >= 15 is 0 Å². The van der Waals surface area contributed by atoms with Crippen LogP contribution in [0.1, 0.15) is 24.4 Å². The van der Waals surface area contributed by atoms with Gasteiger partial charge in [-0.25, -0.2) is 0 Å². The lowest BCUT2D eigenvalue weighted by molar-refractivity contribution is 0.0213. The van der Waals surface area contributed by atoms with E-state index in [1.807, 2.05) is 12.4 Å². The molecule has 2 aliphatic heterocycles. The highest BCUT2D eigenvalue weighted by atomic mass is 35.5. The minimum absolute atomic E-state index is 0. The molecular formula is C15H25Cl2N3O. The summed E-state index contributed by atoms with van der Waals surface area (Å²) in [5, 5.41) is 3.45. The van der Waals surface area contributed by atoms with Gasteiger partial charge in [-0.2, -0.15) is 0 Å². The minimum Gasteiger partial charge on any atom is -0.381 e. The van der Waals surface area contributed by atoms with Gasteiger partial charge in [0.05, 0.1) is 0 Å². The highest BCUT2D eigenvalue weighted by Gasteiger charge is 2.30. The molecule has 0 unspecified atom stereocenters. The molecule has 0 spiro atoms. The van der Waals surface area contributed by atoms with Crippen molar-refractivity contribution in [2.45, 2.75) is 18.9 Å². The largest absolute Gasteiger partial charge is 0.381 e. The molecule has 120 valence electrons. The van der Waals surface area contributed by atoms with Gasteiger partial charge in [-0.1, -0.05) is 0 Å². The first-order chi connectivity index (χ1) is 9.45. The lowest BCUT2D eigenvalue weighted by Gasteiger charge is -2.41. The number of hydrogen-bond donors (Lipinski definition) is 1. The predicted molar refractivity (Wildman–Crippen MR) is 89.5 cm³/mol. The molecule has 2 saturated heterocycles. The Morgan fingerprint density at radius 2 is 1.71 bits per heavy atom. The molecule has 21 heavy (non-hydrogen) atoms. The fourth-order valence-corrected chi connectivity index (χ4v) is 3.33. The normalized spacial score (nSPS) is 21.9. The van der Waals surface area contributed by atoms with Crippen LogP contribution in [-0.4, -0.2) is 49.3 Å². The quantitative estimate of drug-likeness (QED) is 0.920. The molecule has 3 heterocycles. The summed E-state index contributed by atoms with van der Waals surface area (Å²) in [6, 6.07) is 4.90. The molecule has 0 aromatic carbocycles. The SMILES string of the molecule is Cl.Cl.c1cc([C@@H](C2CCOCC2)N2CCNCC2)ccn1. The van der Waals surface area contributed by atoms with Crippen LogP contribution in [0, 0.1) is 5.92 Å². The van der Waals surface area contributed by atoms with Gasteiger partial charge in [0.2, 0.25) is 0 Å². The van der Waals surface area contributed by atoms with Crippen LogP contribution in [0.4, 0.5) is 0 Å².